The lowest BCUT2D eigenvalue weighted by atomic mass is 10.2. The molecule has 0 saturated carbocycles. The Morgan fingerprint density at radius 3 is 2.46 bits per heavy atom. The van der Waals surface area contributed by atoms with Gasteiger partial charge in [0, 0.05) is 38.4 Å². The molecule has 1 saturated heterocycles. The number of rotatable bonds is 3. The van der Waals surface area contributed by atoms with Gasteiger partial charge in [-0.3, -0.25) is 0 Å². The summed E-state index contributed by atoms with van der Waals surface area (Å²) in [6, 6.07) is 14.5. The summed E-state index contributed by atoms with van der Waals surface area (Å²) in [5, 5.41) is 2.90. The summed E-state index contributed by atoms with van der Waals surface area (Å²) < 4.78 is 12.9. The summed E-state index contributed by atoms with van der Waals surface area (Å²) >= 11 is 0. The molecule has 0 unspecified atom stereocenters. The van der Waals surface area contributed by atoms with Gasteiger partial charge in [-0.2, -0.15) is 0 Å². The first-order chi connectivity index (χ1) is 11.6. The van der Waals surface area contributed by atoms with E-state index in [4.69, 9.17) is 0 Å². The van der Waals surface area contributed by atoms with Crippen molar-refractivity contribution in [2.75, 3.05) is 31.1 Å². The van der Waals surface area contributed by atoms with Crippen molar-refractivity contribution in [2.45, 2.75) is 13.5 Å². The fraction of sp³-hybridized carbons (Fsp3) is 0.316. The molecule has 5 heteroatoms. The number of nitrogens with one attached hydrogen (secondary N) is 1. The predicted molar refractivity (Wildman–Crippen MR) is 93.6 cm³/mol. The van der Waals surface area contributed by atoms with Crippen molar-refractivity contribution in [1.82, 2.24) is 10.2 Å². The first kappa shape index (κ1) is 16.3. The molecule has 0 spiro atoms. The summed E-state index contributed by atoms with van der Waals surface area (Å²) in [6.07, 6.45) is 0. The van der Waals surface area contributed by atoms with Gasteiger partial charge in [0.1, 0.15) is 5.82 Å². The third-order valence-electron chi connectivity index (χ3n) is 4.29. The minimum atomic E-state index is -0.266. The monoisotopic (exact) mass is 327 g/mol. The highest BCUT2D eigenvalue weighted by atomic mass is 19.1. The number of urea groups is 1. The molecule has 2 aromatic carbocycles. The number of carbonyl (C=O) groups excluding carboxylic acids is 1. The number of benzene rings is 2. The first-order valence-electron chi connectivity index (χ1n) is 8.21. The molecule has 0 bridgehead atoms. The zero-order valence-corrected chi connectivity index (χ0v) is 13.8. The molecule has 1 fully saturated rings. The first-order valence-corrected chi connectivity index (χ1v) is 8.21. The lowest BCUT2D eigenvalue weighted by molar-refractivity contribution is 0.194. The van der Waals surface area contributed by atoms with Crippen molar-refractivity contribution in [3.05, 3.63) is 65.5 Å². The SMILES string of the molecule is Cc1cccc(N2CCN(C(=O)NCc3ccc(F)cc3)CC2)c1. The second kappa shape index (κ2) is 7.34. The molecule has 2 aromatic rings. The van der Waals surface area contributed by atoms with Crippen LogP contribution in [-0.4, -0.2) is 37.1 Å². The quantitative estimate of drug-likeness (QED) is 0.940. The Bertz CT molecular complexity index is 694. The number of aryl methyl sites for hydroxylation is 1. The van der Waals surface area contributed by atoms with Crippen LogP contribution in [0.2, 0.25) is 0 Å². The fourth-order valence-electron chi connectivity index (χ4n) is 2.88. The van der Waals surface area contributed by atoms with Crippen LogP contribution in [0.25, 0.3) is 0 Å². The highest BCUT2D eigenvalue weighted by Gasteiger charge is 2.21. The lowest BCUT2D eigenvalue weighted by Crippen LogP contribution is -2.51. The maximum absolute atomic E-state index is 12.9. The number of hydrogen-bond donors (Lipinski definition) is 1. The van der Waals surface area contributed by atoms with Crippen molar-refractivity contribution < 1.29 is 9.18 Å². The molecule has 0 aliphatic carbocycles. The number of carbonyl (C=O) groups is 1. The molecule has 0 radical (unpaired) electrons. The number of piperazine rings is 1. The zero-order valence-electron chi connectivity index (χ0n) is 13.8. The van der Waals surface area contributed by atoms with E-state index >= 15 is 0 Å². The van der Waals surface area contributed by atoms with Crippen molar-refractivity contribution >= 4 is 11.7 Å². The fourth-order valence-corrected chi connectivity index (χ4v) is 2.88. The Labute approximate surface area is 141 Å². The molecule has 1 aliphatic heterocycles. The number of amides is 2. The van der Waals surface area contributed by atoms with E-state index in [1.54, 1.807) is 12.1 Å². The van der Waals surface area contributed by atoms with Crippen LogP contribution in [0, 0.1) is 12.7 Å². The van der Waals surface area contributed by atoms with Crippen LogP contribution in [0.5, 0.6) is 0 Å². The van der Waals surface area contributed by atoms with Crippen LogP contribution >= 0.6 is 0 Å². The molecular weight excluding hydrogens is 305 g/mol. The molecule has 0 atom stereocenters. The average molecular weight is 327 g/mol. The minimum Gasteiger partial charge on any atom is -0.368 e. The van der Waals surface area contributed by atoms with Gasteiger partial charge in [0.25, 0.3) is 0 Å². The van der Waals surface area contributed by atoms with Crippen molar-refractivity contribution in [2.24, 2.45) is 0 Å². The van der Waals surface area contributed by atoms with E-state index in [0.29, 0.717) is 19.6 Å². The average Bonchev–Trinajstić information content (AvgIpc) is 2.61. The molecular formula is C19H22FN3O. The Hall–Kier alpha value is -2.56. The Balaban J connectivity index is 1.49. The van der Waals surface area contributed by atoms with Crippen LogP contribution in [-0.2, 0) is 6.54 Å². The molecule has 1 heterocycles. The van der Waals surface area contributed by atoms with Gasteiger partial charge in [0.05, 0.1) is 0 Å². The summed E-state index contributed by atoms with van der Waals surface area (Å²) in [5.41, 5.74) is 3.34. The Morgan fingerprint density at radius 2 is 1.79 bits per heavy atom. The molecule has 1 N–H and O–H groups in total. The third kappa shape index (κ3) is 4.04. The molecule has 3 rings (SSSR count). The highest BCUT2D eigenvalue weighted by molar-refractivity contribution is 5.74. The Morgan fingerprint density at radius 1 is 1.08 bits per heavy atom. The van der Waals surface area contributed by atoms with E-state index in [0.717, 1.165) is 18.7 Å². The number of halogens is 1. The molecule has 4 nitrogen and oxygen atoms in total. The summed E-state index contributed by atoms with van der Waals surface area (Å²) in [7, 11) is 0. The molecule has 24 heavy (non-hydrogen) atoms. The van der Waals surface area contributed by atoms with Gasteiger partial charge in [-0.1, -0.05) is 24.3 Å². The maximum Gasteiger partial charge on any atom is 0.317 e. The van der Waals surface area contributed by atoms with Gasteiger partial charge in [-0.05, 0) is 42.3 Å². The molecule has 126 valence electrons. The standard InChI is InChI=1S/C19H22FN3O/c1-15-3-2-4-18(13-15)22-9-11-23(12-10-22)19(24)21-14-16-5-7-17(20)8-6-16/h2-8,13H,9-12,14H2,1H3,(H,21,24). The molecule has 1 aliphatic rings. The van der Waals surface area contributed by atoms with Crippen LogP contribution in [0.4, 0.5) is 14.9 Å². The number of hydrogen-bond acceptors (Lipinski definition) is 2. The van der Waals surface area contributed by atoms with Crippen molar-refractivity contribution in [1.29, 1.82) is 0 Å². The zero-order chi connectivity index (χ0) is 16.9. The maximum atomic E-state index is 12.9. The molecule has 0 aromatic heterocycles. The summed E-state index contributed by atoms with van der Waals surface area (Å²) in [6.45, 7) is 5.55. The second-order valence-electron chi connectivity index (χ2n) is 6.10. The van der Waals surface area contributed by atoms with E-state index < -0.39 is 0 Å². The lowest BCUT2D eigenvalue weighted by Gasteiger charge is -2.36. The smallest absolute Gasteiger partial charge is 0.317 e. The van der Waals surface area contributed by atoms with Gasteiger partial charge >= 0.3 is 6.03 Å². The van der Waals surface area contributed by atoms with Crippen LogP contribution in [0.1, 0.15) is 11.1 Å². The van der Waals surface area contributed by atoms with Crippen LogP contribution in [0.15, 0.2) is 48.5 Å². The van der Waals surface area contributed by atoms with Crippen molar-refractivity contribution in [3.8, 4) is 0 Å². The van der Waals surface area contributed by atoms with Gasteiger partial charge < -0.3 is 15.1 Å². The third-order valence-corrected chi connectivity index (χ3v) is 4.29. The summed E-state index contributed by atoms with van der Waals surface area (Å²) in [4.78, 5) is 16.4. The van der Waals surface area contributed by atoms with Gasteiger partial charge in [0.2, 0.25) is 0 Å². The van der Waals surface area contributed by atoms with E-state index in [1.165, 1.54) is 23.4 Å². The van der Waals surface area contributed by atoms with E-state index in [2.05, 4.69) is 41.4 Å². The largest absolute Gasteiger partial charge is 0.368 e. The second-order valence-corrected chi connectivity index (χ2v) is 6.10. The van der Waals surface area contributed by atoms with E-state index in [-0.39, 0.29) is 11.8 Å². The van der Waals surface area contributed by atoms with E-state index in [1.807, 2.05) is 4.90 Å². The topological polar surface area (TPSA) is 35.6 Å². The number of nitrogens with zero attached hydrogens (tertiary/aromatic N) is 2. The van der Waals surface area contributed by atoms with Gasteiger partial charge in [-0.25, -0.2) is 9.18 Å². The normalized spacial score (nSPS) is 14.6. The van der Waals surface area contributed by atoms with Gasteiger partial charge in [-0.15, -0.1) is 0 Å². The number of anilines is 1. The highest BCUT2D eigenvalue weighted by Crippen LogP contribution is 2.17. The van der Waals surface area contributed by atoms with Gasteiger partial charge in [0.15, 0.2) is 0 Å². The summed E-state index contributed by atoms with van der Waals surface area (Å²) in [5.74, 6) is -0.266. The van der Waals surface area contributed by atoms with Crippen LogP contribution in [0.3, 0.4) is 0 Å². The van der Waals surface area contributed by atoms with Crippen molar-refractivity contribution in [3.63, 3.8) is 0 Å². The minimum absolute atomic E-state index is 0.0665. The van der Waals surface area contributed by atoms with E-state index in [9.17, 15) is 9.18 Å². The predicted octanol–water partition coefficient (Wildman–Crippen LogP) is 3.17. The van der Waals surface area contributed by atoms with Crippen LogP contribution < -0.4 is 10.2 Å². The Kier molecular flexibility index (Phi) is 4.99. The molecule has 2 amide bonds.